The summed E-state index contributed by atoms with van der Waals surface area (Å²) in [5.41, 5.74) is 19.7. The van der Waals surface area contributed by atoms with Crippen molar-refractivity contribution in [3.63, 3.8) is 0 Å². The Labute approximate surface area is 357 Å². The molecule has 60 heavy (non-hydrogen) atoms. The number of para-hydroxylation sites is 3. The van der Waals surface area contributed by atoms with Gasteiger partial charge in [0.2, 0.25) is 0 Å². The van der Waals surface area contributed by atoms with Gasteiger partial charge in [-0.25, -0.2) is 0 Å². The molecule has 2 heterocycles. The summed E-state index contributed by atoms with van der Waals surface area (Å²) in [7, 11) is 0. The van der Waals surface area contributed by atoms with Crippen molar-refractivity contribution in [2.75, 3.05) is 0 Å². The number of aromatic nitrogens is 2. The quantitative estimate of drug-likeness (QED) is 0.164. The van der Waals surface area contributed by atoms with E-state index in [1.165, 1.54) is 105 Å². The van der Waals surface area contributed by atoms with Crippen molar-refractivity contribution in [3.8, 4) is 55.9 Å². The van der Waals surface area contributed by atoms with Crippen LogP contribution >= 0.6 is 15.9 Å². The Hall–Kier alpha value is -6.94. The minimum absolute atomic E-state index is 0.0311. The normalized spacial score (nSPS) is 13.1. The standard InChI is InChI=1S/C57H39BrN2/c1-57(2)51-17-9-6-14-45(51)48-35-44(26-27-52(48)57)60-54-19-11-8-16-47(54)50-34-38(23-29-56(50)60)41-31-39(36-20-24-42(58)25-21-36)30-40(32-41)37-22-28-55-49(33-37)46-15-7-10-18-53(46)59(55)43-12-4-3-5-13-43/h3-35H,1-2H3. The molecule has 0 saturated heterocycles. The zero-order valence-corrected chi connectivity index (χ0v) is 34.9. The average molecular weight is 832 g/mol. The zero-order valence-electron chi connectivity index (χ0n) is 33.3. The third-order valence-corrected chi connectivity index (χ3v) is 13.5. The Morgan fingerprint density at radius 3 is 1.45 bits per heavy atom. The first-order valence-corrected chi connectivity index (χ1v) is 21.5. The molecule has 2 aromatic heterocycles. The molecule has 0 saturated carbocycles. The summed E-state index contributed by atoms with van der Waals surface area (Å²) >= 11 is 3.67. The van der Waals surface area contributed by atoms with E-state index in [4.69, 9.17) is 0 Å². The van der Waals surface area contributed by atoms with E-state index in [1.807, 2.05) is 0 Å². The highest BCUT2D eigenvalue weighted by Gasteiger charge is 2.35. The summed E-state index contributed by atoms with van der Waals surface area (Å²) in [5.74, 6) is 0. The number of halogens is 1. The molecule has 0 radical (unpaired) electrons. The fraction of sp³-hybridized carbons (Fsp3) is 0.0526. The van der Waals surface area contributed by atoms with Crippen molar-refractivity contribution in [2.24, 2.45) is 0 Å². The molecule has 0 fully saturated rings. The van der Waals surface area contributed by atoms with Crippen LogP contribution < -0.4 is 0 Å². The fourth-order valence-electron chi connectivity index (χ4n) is 10.1. The Morgan fingerprint density at radius 1 is 0.333 bits per heavy atom. The topological polar surface area (TPSA) is 9.86 Å². The lowest BCUT2D eigenvalue weighted by atomic mass is 9.82. The number of benzene rings is 9. The molecular formula is C57H39BrN2. The van der Waals surface area contributed by atoms with Crippen LogP contribution in [-0.4, -0.2) is 9.13 Å². The van der Waals surface area contributed by atoms with Crippen LogP contribution in [0.25, 0.3) is 99.5 Å². The van der Waals surface area contributed by atoms with Crippen LogP contribution in [-0.2, 0) is 5.41 Å². The molecule has 1 aliphatic carbocycles. The van der Waals surface area contributed by atoms with Gasteiger partial charge < -0.3 is 9.13 Å². The molecule has 9 aromatic carbocycles. The molecule has 284 valence electrons. The van der Waals surface area contributed by atoms with E-state index in [-0.39, 0.29) is 5.41 Å². The molecule has 12 rings (SSSR count). The molecule has 0 amide bonds. The molecule has 0 spiro atoms. The van der Waals surface area contributed by atoms with Gasteiger partial charge in [-0.15, -0.1) is 0 Å². The second-order valence-corrected chi connectivity index (χ2v) is 17.6. The van der Waals surface area contributed by atoms with Gasteiger partial charge in [-0.2, -0.15) is 0 Å². The first-order valence-electron chi connectivity index (χ1n) is 20.7. The highest BCUT2D eigenvalue weighted by Crippen LogP contribution is 2.49. The van der Waals surface area contributed by atoms with Crippen molar-refractivity contribution < 1.29 is 0 Å². The lowest BCUT2D eigenvalue weighted by Gasteiger charge is -2.21. The van der Waals surface area contributed by atoms with Crippen LogP contribution in [0.2, 0.25) is 0 Å². The van der Waals surface area contributed by atoms with Crippen molar-refractivity contribution in [1.82, 2.24) is 9.13 Å². The summed E-state index contributed by atoms with van der Waals surface area (Å²) in [6.07, 6.45) is 0. The lowest BCUT2D eigenvalue weighted by Crippen LogP contribution is -2.14. The maximum Gasteiger partial charge on any atom is 0.0541 e. The lowest BCUT2D eigenvalue weighted by molar-refractivity contribution is 0.660. The van der Waals surface area contributed by atoms with Gasteiger partial charge in [0.05, 0.1) is 22.1 Å². The number of rotatable bonds is 5. The molecule has 0 aliphatic heterocycles. The maximum atomic E-state index is 3.67. The highest BCUT2D eigenvalue weighted by atomic mass is 79.9. The number of hydrogen-bond acceptors (Lipinski definition) is 0. The summed E-state index contributed by atoms with van der Waals surface area (Å²) in [6.45, 7) is 4.69. The van der Waals surface area contributed by atoms with Crippen LogP contribution in [0.3, 0.4) is 0 Å². The molecule has 0 unspecified atom stereocenters. The minimum atomic E-state index is -0.0311. The van der Waals surface area contributed by atoms with Gasteiger partial charge in [0, 0.05) is 42.8 Å². The Morgan fingerprint density at radius 2 is 0.817 bits per heavy atom. The first-order chi connectivity index (χ1) is 29.4. The van der Waals surface area contributed by atoms with Gasteiger partial charge >= 0.3 is 0 Å². The van der Waals surface area contributed by atoms with E-state index in [0.717, 1.165) is 10.2 Å². The van der Waals surface area contributed by atoms with E-state index in [1.54, 1.807) is 0 Å². The van der Waals surface area contributed by atoms with Crippen LogP contribution in [0.4, 0.5) is 0 Å². The molecule has 1 aliphatic rings. The number of fused-ring (bicyclic) bond motifs is 9. The minimum Gasteiger partial charge on any atom is -0.309 e. The number of nitrogens with zero attached hydrogens (tertiary/aromatic N) is 2. The molecule has 0 N–H and O–H groups in total. The molecular weight excluding hydrogens is 793 g/mol. The fourth-order valence-corrected chi connectivity index (χ4v) is 10.3. The third-order valence-electron chi connectivity index (χ3n) is 13.0. The summed E-state index contributed by atoms with van der Waals surface area (Å²) < 4.78 is 5.90. The molecule has 0 atom stereocenters. The predicted octanol–water partition coefficient (Wildman–Crippen LogP) is 16.0. The van der Waals surface area contributed by atoms with Crippen LogP contribution in [0.1, 0.15) is 25.0 Å². The Bertz CT molecular complexity index is 3510. The van der Waals surface area contributed by atoms with Crippen molar-refractivity contribution >= 4 is 59.5 Å². The Balaban J connectivity index is 1.04. The molecule has 2 nitrogen and oxygen atoms in total. The van der Waals surface area contributed by atoms with Gasteiger partial charge in [-0.1, -0.05) is 139 Å². The molecule has 0 bridgehead atoms. The van der Waals surface area contributed by atoms with Crippen molar-refractivity contribution in [1.29, 1.82) is 0 Å². The van der Waals surface area contributed by atoms with Crippen LogP contribution in [0, 0.1) is 0 Å². The predicted molar refractivity (Wildman–Crippen MR) is 257 cm³/mol. The second kappa shape index (κ2) is 13.3. The summed E-state index contributed by atoms with van der Waals surface area (Å²) in [5, 5.41) is 4.99. The van der Waals surface area contributed by atoms with E-state index in [2.05, 4.69) is 239 Å². The van der Waals surface area contributed by atoms with E-state index < -0.39 is 0 Å². The highest BCUT2D eigenvalue weighted by molar-refractivity contribution is 9.10. The van der Waals surface area contributed by atoms with Crippen LogP contribution in [0.15, 0.2) is 205 Å². The van der Waals surface area contributed by atoms with E-state index in [9.17, 15) is 0 Å². The van der Waals surface area contributed by atoms with Crippen molar-refractivity contribution in [3.05, 3.63) is 216 Å². The van der Waals surface area contributed by atoms with E-state index in [0.29, 0.717) is 0 Å². The van der Waals surface area contributed by atoms with Gasteiger partial charge in [-0.3, -0.25) is 0 Å². The first kappa shape index (κ1) is 35.0. The summed E-state index contributed by atoms with van der Waals surface area (Å²) in [6, 6.07) is 74.0. The average Bonchev–Trinajstić information content (AvgIpc) is 3.89. The molecule has 3 heteroatoms. The van der Waals surface area contributed by atoms with Gasteiger partial charge in [-0.05, 0) is 147 Å². The van der Waals surface area contributed by atoms with Gasteiger partial charge in [0.25, 0.3) is 0 Å². The largest absolute Gasteiger partial charge is 0.309 e. The molecule has 11 aromatic rings. The smallest absolute Gasteiger partial charge is 0.0541 e. The second-order valence-electron chi connectivity index (χ2n) is 16.7. The van der Waals surface area contributed by atoms with Crippen LogP contribution in [0.5, 0.6) is 0 Å². The van der Waals surface area contributed by atoms with Gasteiger partial charge in [0.1, 0.15) is 0 Å². The van der Waals surface area contributed by atoms with Gasteiger partial charge in [0.15, 0.2) is 0 Å². The third kappa shape index (κ3) is 5.32. The summed E-state index contributed by atoms with van der Waals surface area (Å²) in [4.78, 5) is 0. The number of hydrogen-bond donors (Lipinski definition) is 0. The Kier molecular flexibility index (Phi) is 7.76. The maximum absolute atomic E-state index is 3.67. The SMILES string of the molecule is CC1(C)c2ccccc2-c2cc(-n3c4ccccc4c4cc(-c5cc(-c6ccc(Br)cc6)cc(-c6ccc7c(c6)c6ccccc6n7-c6ccccc6)c5)ccc43)ccc21. The van der Waals surface area contributed by atoms with Crippen molar-refractivity contribution in [2.45, 2.75) is 19.3 Å². The zero-order chi connectivity index (χ0) is 40.1. The van der Waals surface area contributed by atoms with E-state index >= 15 is 0 Å². The monoisotopic (exact) mass is 830 g/mol.